The second kappa shape index (κ2) is 7.20. The lowest BCUT2D eigenvalue weighted by molar-refractivity contribution is 0.00858. The van der Waals surface area contributed by atoms with E-state index in [4.69, 9.17) is 4.74 Å². The number of pyridine rings is 1. The van der Waals surface area contributed by atoms with Crippen LogP contribution in [0.15, 0.2) is 23.2 Å². The Morgan fingerprint density at radius 2 is 2.29 bits per heavy atom. The highest BCUT2D eigenvalue weighted by Crippen LogP contribution is 2.20. The SMILES string of the molecule is CCNc1cc(S(=O)(=O)N(C)CC2CCCCO2)ccn1. The van der Waals surface area contributed by atoms with Gasteiger partial charge in [-0.25, -0.2) is 13.4 Å². The van der Waals surface area contributed by atoms with Crippen LogP contribution in [0, 0.1) is 0 Å². The van der Waals surface area contributed by atoms with Crippen LogP contribution in [0.1, 0.15) is 26.2 Å². The van der Waals surface area contributed by atoms with Gasteiger partial charge in [-0.15, -0.1) is 0 Å². The molecule has 1 aromatic rings. The van der Waals surface area contributed by atoms with Crippen molar-refractivity contribution < 1.29 is 13.2 Å². The van der Waals surface area contributed by atoms with Crippen LogP contribution in [0.25, 0.3) is 0 Å². The van der Waals surface area contributed by atoms with Crippen molar-refractivity contribution in [1.82, 2.24) is 9.29 Å². The van der Waals surface area contributed by atoms with Gasteiger partial charge in [-0.1, -0.05) is 0 Å². The maximum Gasteiger partial charge on any atom is 0.243 e. The number of anilines is 1. The molecule has 7 heteroatoms. The molecule has 0 aliphatic carbocycles. The fraction of sp³-hybridized carbons (Fsp3) is 0.643. The molecule has 0 radical (unpaired) electrons. The zero-order valence-corrected chi connectivity index (χ0v) is 13.4. The summed E-state index contributed by atoms with van der Waals surface area (Å²) in [6, 6.07) is 3.09. The second-order valence-electron chi connectivity index (χ2n) is 5.18. The second-order valence-corrected chi connectivity index (χ2v) is 7.23. The number of hydrogen-bond donors (Lipinski definition) is 1. The van der Waals surface area contributed by atoms with Gasteiger partial charge in [0.15, 0.2) is 0 Å². The summed E-state index contributed by atoms with van der Waals surface area (Å²) in [5.41, 5.74) is 0. The smallest absolute Gasteiger partial charge is 0.243 e. The minimum absolute atomic E-state index is 0.00593. The monoisotopic (exact) mass is 313 g/mol. The summed E-state index contributed by atoms with van der Waals surface area (Å²) in [6.07, 6.45) is 4.57. The van der Waals surface area contributed by atoms with Gasteiger partial charge < -0.3 is 10.1 Å². The molecule has 1 aliphatic rings. The Morgan fingerprint density at radius 3 is 2.95 bits per heavy atom. The van der Waals surface area contributed by atoms with Crippen LogP contribution in [-0.4, -0.2) is 50.6 Å². The predicted octanol–water partition coefficient (Wildman–Crippen LogP) is 1.70. The topological polar surface area (TPSA) is 71.5 Å². The van der Waals surface area contributed by atoms with E-state index in [1.807, 2.05) is 6.92 Å². The number of ether oxygens (including phenoxy) is 1. The fourth-order valence-corrected chi connectivity index (χ4v) is 3.58. The summed E-state index contributed by atoms with van der Waals surface area (Å²) in [6.45, 7) is 3.75. The third-order valence-corrected chi connectivity index (χ3v) is 5.35. The van der Waals surface area contributed by atoms with Crippen molar-refractivity contribution in [2.75, 3.05) is 32.1 Å². The third kappa shape index (κ3) is 4.15. The molecule has 0 aromatic carbocycles. The van der Waals surface area contributed by atoms with Crippen molar-refractivity contribution in [3.8, 4) is 0 Å². The first-order valence-corrected chi connectivity index (χ1v) is 8.76. The van der Waals surface area contributed by atoms with Crippen molar-refractivity contribution in [3.63, 3.8) is 0 Å². The molecular weight excluding hydrogens is 290 g/mol. The molecule has 1 aliphatic heterocycles. The average Bonchev–Trinajstić information content (AvgIpc) is 2.49. The van der Waals surface area contributed by atoms with Crippen molar-refractivity contribution in [2.24, 2.45) is 0 Å². The predicted molar refractivity (Wildman–Crippen MR) is 81.8 cm³/mol. The highest BCUT2D eigenvalue weighted by molar-refractivity contribution is 7.89. The summed E-state index contributed by atoms with van der Waals surface area (Å²) >= 11 is 0. The highest BCUT2D eigenvalue weighted by Gasteiger charge is 2.25. The summed E-state index contributed by atoms with van der Waals surface area (Å²) < 4.78 is 32.1. The molecule has 1 atom stereocenters. The van der Waals surface area contributed by atoms with E-state index in [-0.39, 0.29) is 11.0 Å². The van der Waals surface area contributed by atoms with Crippen molar-refractivity contribution >= 4 is 15.8 Å². The van der Waals surface area contributed by atoms with Gasteiger partial charge in [0.2, 0.25) is 10.0 Å². The minimum Gasteiger partial charge on any atom is -0.377 e. The number of aromatic nitrogens is 1. The number of sulfonamides is 1. The standard InChI is InChI=1S/C14H23N3O3S/c1-3-15-14-10-13(7-8-16-14)21(18,19)17(2)11-12-6-4-5-9-20-12/h7-8,10,12H,3-6,9,11H2,1-2H3,(H,15,16). The lowest BCUT2D eigenvalue weighted by Crippen LogP contribution is -2.37. The number of hydrogen-bond acceptors (Lipinski definition) is 5. The quantitative estimate of drug-likeness (QED) is 0.865. The van der Waals surface area contributed by atoms with Gasteiger partial charge in [0.25, 0.3) is 0 Å². The van der Waals surface area contributed by atoms with E-state index < -0.39 is 10.0 Å². The molecule has 6 nitrogen and oxygen atoms in total. The van der Waals surface area contributed by atoms with Crippen LogP contribution in [0.4, 0.5) is 5.82 Å². The first-order valence-electron chi connectivity index (χ1n) is 7.32. The zero-order chi connectivity index (χ0) is 15.3. The first-order chi connectivity index (χ1) is 10.0. The van der Waals surface area contributed by atoms with E-state index in [1.165, 1.54) is 16.6 Å². The molecule has 1 N–H and O–H groups in total. The Labute approximate surface area is 126 Å². The number of nitrogens with zero attached hydrogens (tertiary/aromatic N) is 2. The Morgan fingerprint density at radius 1 is 1.48 bits per heavy atom. The molecule has 0 spiro atoms. The van der Waals surface area contributed by atoms with Crippen LogP contribution < -0.4 is 5.32 Å². The maximum atomic E-state index is 12.6. The summed E-state index contributed by atoms with van der Waals surface area (Å²) in [5, 5.41) is 3.02. The Bertz CT molecular complexity index is 556. The van der Waals surface area contributed by atoms with E-state index >= 15 is 0 Å². The molecule has 0 bridgehead atoms. The zero-order valence-electron chi connectivity index (χ0n) is 12.6. The van der Waals surface area contributed by atoms with Crippen molar-refractivity contribution in [2.45, 2.75) is 37.2 Å². The largest absolute Gasteiger partial charge is 0.377 e. The Balaban J connectivity index is 2.10. The minimum atomic E-state index is -3.51. The fourth-order valence-electron chi connectivity index (χ4n) is 2.37. The van der Waals surface area contributed by atoms with Gasteiger partial charge in [0.05, 0.1) is 11.0 Å². The van der Waals surface area contributed by atoms with E-state index in [1.54, 1.807) is 13.1 Å². The highest BCUT2D eigenvalue weighted by atomic mass is 32.2. The number of nitrogens with one attached hydrogen (secondary N) is 1. The normalized spacial score (nSPS) is 19.7. The van der Waals surface area contributed by atoms with Gasteiger partial charge in [-0.05, 0) is 32.3 Å². The summed E-state index contributed by atoms with van der Waals surface area (Å²) in [5.74, 6) is 0.570. The van der Waals surface area contributed by atoms with Crippen LogP contribution in [0.2, 0.25) is 0 Å². The molecule has 1 fully saturated rings. The molecule has 2 heterocycles. The Hall–Kier alpha value is -1.18. The van der Waals surface area contributed by atoms with Gasteiger partial charge in [0.1, 0.15) is 5.82 Å². The van der Waals surface area contributed by atoms with Gasteiger partial charge in [-0.3, -0.25) is 0 Å². The van der Waals surface area contributed by atoms with E-state index in [0.717, 1.165) is 25.9 Å². The third-order valence-electron chi connectivity index (χ3n) is 3.53. The molecule has 0 saturated carbocycles. The van der Waals surface area contributed by atoms with Gasteiger partial charge in [-0.2, -0.15) is 4.31 Å². The molecule has 2 rings (SSSR count). The van der Waals surface area contributed by atoms with E-state index in [9.17, 15) is 8.42 Å². The number of rotatable bonds is 6. The average molecular weight is 313 g/mol. The molecule has 118 valence electrons. The van der Waals surface area contributed by atoms with Gasteiger partial charge >= 0.3 is 0 Å². The van der Waals surface area contributed by atoms with Crippen LogP contribution in [0.5, 0.6) is 0 Å². The Kier molecular flexibility index (Phi) is 5.55. The molecule has 21 heavy (non-hydrogen) atoms. The first kappa shape index (κ1) is 16.2. The maximum absolute atomic E-state index is 12.6. The van der Waals surface area contributed by atoms with E-state index in [2.05, 4.69) is 10.3 Å². The van der Waals surface area contributed by atoms with Crippen LogP contribution in [-0.2, 0) is 14.8 Å². The lowest BCUT2D eigenvalue weighted by Gasteiger charge is -2.27. The lowest BCUT2D eigenvalue weighted by atomic mass is 10.1. The summed E-state index contributed by atoms with van der Waals surface area (Å²) in [4.78, 5) is 4.36. The van der Waals surface area contributed by atoms with Crippen molar-refractivity contribution in [1.29, 1.82) is 0 Å². The van der Waals surface area contributed by atoms with Crippen molar-refractivity contribution in [3.05, 3.63) is 18.3 Å². The molecule has 1 unspecified atom stereocenters. The number of likely N-dealkylation sites (N-methyl/N-ethyl adjacent to an activating group) is 1. The molecule has 0 amide bonds. The molecular formula is C14H23N3O3S. The molecule has 1 aromatic heterocycles. The van der Waals surface area contributed by atoms with Crippen LogP contribution in [0.3, 0.4) is 0 Å². The molecule has 1 saturated heterocycles. The van der Waals surface area contributed by atoms with Gasteiger partial charge in [0, 0.05) is 39.0 Å². The van der Waals surface area contributed by atoms with Crippen LogP contribution >= 0.6 is 0 Å². The summed E-state index contributed by atoms with van der Waals surface area (Å²) in [7, 11) is -1.91. The van der Waals surface area contributed by atoms with E-state index in [0.29, 0.717) is 18.9 Å².